The van der Waals surface area contributed by atoms with Crippen LogP contribution in [0.5, 0.6) is 0 Å². The molecule has 0 aliphatic rings. The Kier molecular flexibility index (Phi) is 16.8. The molecule has 0 spiro atoms. The minimum absolute atomic E-state index is 0.280. The van der Waals surface area contributed by atoms with Crippen LogP contribution < -0.4 is 16.8 Å². The number of unbranched alkanes of at least 4 members (excludes halogenated alkanes) is 1. The van der Waals surface area contributed by atoms with E-state index in [1.807, 2.05) is 31.2 Å². The lowest BCUT2D eigenvalue weighted by Gasteiger charge is -2.05. The normalized spacial score (nSPS) is 10.4. The van der Waals surface area contributed by atoms with Crippen LogP contribution >= 0.6 is 58.0 Å². The van der Waals surface area contributed by atoms with Gasteiger partial charge in [0.2, 0.25) is 0 Å². The van der Waals surface area contributed by atoms with Crippen LogP contribution in [-0.2, 0) is 24.2 Å². The SMILES string of the molecule is CCCC=O.CCCc1nc2nc(Cl)ccc2[nH]1.Clc1cc(Cl)cc(CNCCc2nc3nc(Cl)ccc3[nH]2)c1.Nc1ccc(Cl)nc1N. The third-order valence-electron chi connectivity index (χ3n) is 6.33. The number of aryl methyl sites for hydroxylation is 1. The summed E-state index contributed by atoms with van der Waals surface area (Å²) < 4.78 is 0. The molecular formula is C33H37Cl5N10O. The third kappa shape index (κ3) is 14.0. The Hall–Kier alpha value is -3.71. The Bertz CT molecular complexity index is 1910. The summed E-state index contributed by atoms with van der Waals surface area (Å²) in [4.78, 5) is 36.5. The lowest BCUT2D eigenvalue weighted by Crippen LogP contribution is -2.17. The first kappa shape index (κ1) is 39.7. The highest BCUT2D eigenvalue weighted by atomic mass is 35.5. The molecule has 7 N–H and O–H groups in total. The molecule has 16 heteroatoms. The van der Waals surface area contributed by atoms with E-state index < -0.39 is 0 Å². The zero-order valence-electron chi connectivity index (χ0n) is 26.9. The van der Waals surface area contributed by atoms with Gasteiger partial charge in [0.25, 0.3) is 0 Å². The molecule has 0 unspecified atom stereocenters. The molecular weight excluding hydrogens is 730 g/mol. The fourth-order valence-corrected chi connectivity index (χ4v) is 5.05. The smallest absolute Gasteiger partial charge is 0.179 e. The van der Waals surface area contributed by atoms with Gasteiger partial charge in [-0.15, -0.1) is 0 Å². The summed E-state index contributed by atoms with van der Waals surface area (Å²) >= 11 is 29.0. The van der Waals surface area contributed by atoms with E-state index in [1.165, 1.54) is 0 Å². The first-order valence-electron chi connectivity index (χ1n) is 15.3. The van der Waals surface area contributed by atoms with Crippen LogP contribution in [0.15, 0.2) is 54.6 Å². The number of carbonyl (C=O) groups excluding carboxylic acids is 1. The summed E-state index contributed by atoms with van der Waals surface area (Å²) in [6.45, 7) is 5.57. The maximum atomic E-state index is 9.40. The highest BCUT2D eigenvalue weighted by Crippen LogP contribution is 2.19. The van der Waals surface area contributed by atoms with E-state index >= 15 is 0 Å². The molecule has 6 aromatic rings. The van der Waals surface area contributed by atoms with Gasteiger partial charge in [-0.2, -0.15) is 0 Å². The van der Waals surface area contributed by atoms with E-state index in [1.54, 1.807) is 30.3 Å². The van der Waals surface area contributed by atoms with Gasteiger partial charge in [0.05, 0.1) is 16.7 Å². The Morgan fingerprint density at radius 2 is 1.22 bits per heavy atom. The number of pyridine rings is 3. The Balaban J connectivity index is 0.000000203. The van der Waals surface area contributed by atoms with Crippen molar-refractivity contribution < 1.29 is 4.79 Å². The molecule has 5 heterocycles. The van der Waals surface area contributed by atoms with E-state index in [2.05, 4.69) is 47.1 Å². The van der Waals surface area contributed by atoms with E-state index in [9.17, 15) is 4.79 Å². The number of nitrogen functional groups attached to an aromatic ring is 2. The van der Waals surface area contributed by atoms with Crippen LogP contribution in [-0.4, -0.2) is 47.7 Å². The summed E-state index contributed by atoms with van der Waals surface area (Å²) in [5.41, 5.74) is 15.3. The first-order valence-corrected chi connectivity index (χ1v) is 17.2. The van der Waals surface area contributed by atoms with Crippen LogP contribution in [0, 0.1) is 0 Å². The number of rotatable bonds is 9. The number of aldehydes is 1. The number of aromatic nitrogens is 7. The van der Waals surface area contributed by atoms with Crippen molar-refractivity contribution >= 4 is 98.1 Å². The second-order valence-corrected chi connectivity index (χ2v) is 12.4. The number of hydrogen-bond donors (Lipinski definition) is 5. The topological polar surface area (TPSA) is 177 Å². The molecule has 0 saturated heterocycles. The van der Waals surface area contributed by atoms with E-state index in [0.717, 1.165) is 66.8 Å². The average molecular weight is 767 g/mol. The summed E-state index contributed by atoms with van der Waals surface area (Å²) in [6.07, 6.45) is 5.41. The number of anilines is 2. The number of fused-ring (bicyclic) bond motifs is 2. The van der Waals surface area contributed by atoms with Crippen molar-refractivity contribution in [2.24, 2.45) is 0 Å². The van der Waals surface area contributed by atoms with E-state index in [0.29, 0.717) is 55.5 Å². The average Bonchev–Trinajstić information content (AvgIpc) is 3.65. The van der Waals surface area contributed by atoms with Crippen molar-refractivity contribution in [2.45, 2.75) is 52.5 Å². The molecule has 0 bridgehead atoms. The van der Waals surface area contributed by atoms with Gasteiger partial charge in [0.1, 0.15) is 39.2 Å². The molecule has 1 aromatic carbocycles. The lowest BCUT2D eigenvalue weighted by molar-refractivity contribution is -0.107. The Morgan fingerprint density at radius 1 is 0.694 bits per heavy atom. The van der Waals surface area contributed by atoms with Gasteiger partial charge < -0.3 is 31.5 Å². The molecule has 260 valence electrons. The predicted molar refractivity (Wildman–Crippen MR) is 203 cm³/mol. The lowest BCUT2D eigenvalue weighted by atomic mass is 10.2. The molecule has 6 rings (SSSR count). The van der Waals surface area contributed by atoms with Crippen molar-refractivity contribution in [3.05, 3.63) is 97.3 Å². The van der Waals surface area contributed by atoms with Crippen LogP contribution in [0.3, 0.4) is 0 Å². The molecule has 11 nitrogen and oxygen atoms in total. The molecule has 0 aliphatic carbocycles. The van der Waals surface area contributed by atoms with Crippen LogP contribution in [0.1, 0.15) is 50.3 Å². The molecule has 0 aliphatic heterocycles. The van der Waals surface area contributed by atoms with Gasteiger partial charge in [-0.25, -0.2) is 24.9 Å². The number of carbonyl (C=O) groups is 1. The molecule has 0 amide bonds. The maximum absolute atomic E-state index is 9.40. The van der Waals surface area contributed by atoms with Crippen LogP contribution in [0.4, 0.5) is 11.5 Å². The fourth-order valence-electron chi connectivity index (χ4n) is 4.04. The van der Waals surface area contributed by atoms with Crippen LogP contribution in [0.2, 0.25) is 25.5 Å². The largest absolute Gasteiger partial charge is 0.396 e. The van der Waals surface area contributed by atoms with E-state index in [4.69, 9.17) is 69.5 Å². The number of halogens is 5. The van der Waals surface area contributed by atoms with Gasteiger partial charge in [0, 0.05) is 42.4 Å². The van der Waals surface area contributed by atoms with Crippen molar-refractivity contribution in [3.63, 3.8) is 0 Å². The predicted octanol–water partition coefficient (Wildman–Crippen LogP) is 8.70. The maximum Gasteiger partial charge on any atom is 0.179 e. The van der Waals surface area contributed by atoms with Crippen LogP contribution in [0.25, 0.3) is 22.3 Å². The summed E-state index contributed by atoms with van der Waals surface area (Å²) in [6, 6.07) is 16.0. The highest BCUT2D eigenvalue weighted by Gasteiger charge is 2.05. The highest BCUT2D eigenvalue weighted by molar-refractivity contribution is 6.34. The fraction of sp³-hybridized carbons (Fsp3) is 0.273. The van der Waals surface area contributed by atoms with Crippen molar-refractivity contribution in [1.29, 1.82) is 0 Å². The third-order valence-corrected chi connectivity index (χ3v) is 7.40. The quantitative estimate of drug-likeness (QED) is 0.0547. The first-order chi connectivity index (χ1) is 23.5. The monoisotopic (exact) mass is 764 g/mol. The van der Waals surface area contributed by atoms with Gasteiger partial charge in [-0.3, -0.25) is 0 Å². The zero-order chi connectivity index (χ0) is 35.8. The molecule has 0 atom stereocenters. The number of hydrogen-bond acceptors (Lipinski definition) is 9. The van der Waals surface area contributed by atoms with Gasteiger partial charge >= 0.3 is 0 Å². The molecule has 0 radical (unpaired) electrons. The molecule has 49 heavy (non-hydrogen) atoms. The number of nitrogens with one attached hydrogen (secondary N) is 3. The van der Waals surface area contributed by atoms with Crippen molar-refractivity contribution in [3.8, 4) is 0 Å². The number of imidazole rings is 2. The molecule has 0 fully saturated rings. The Labute approximate surface area is 309 Å². The minimum atomic E-state index is 0.280. The Morgan fingerprint density at radius 3 is 1.69 bits per heavy atom. The summed E-state index contributed by atoms with van der Waals surface area (Å²) in [5, 5.41) is 5.92. The molecule has 0 saturated carbocycles. The van der Waals surface area contributed by atoms with Gasteiger partial charge in [-0.1, -0.05) is 71.9 Å². The van der Waals surface area contributed by atoms with Crippen molar-refractivity contribution in [1.82, 2.24) is 40.2 Å². The number of benzene rings is 1. The molecule has 5 aromatic heterocycles. The summed E-state index contributed by atoms with van der Waals surface area (Å²) in [5.74, 6) is 2.14. The second-order valence-electron chi connectivity index (χ2n) is 10.4. The van der Waals surface area contributed by atoms with E-state index in [-0.39, 0.29) is 5.82 Å². The number of nitrogens with two attached hydrogens (primary N) is 2. The van der Waals surface area contributed by atoms with Gasteiger partial charge in [0.15, 0.2) is 11.3 Å². The zero-order valence-corrected chi connectivity index (χ0v) is 30.7. The second kappa shape index (κ2) is 20.7. The van der Waals surface area contributed by atoms with Gasteiger partial charge in [-0.05, 0) is 73.0 Å². The number of H-pyrrole nitrogens is 2. The summed E-state index contributed by atoms with van der Waals surface area (Å²) in [7, 11) is 0. The minimum Gasteiger partial charge on any atom is -0.396 e. The number of nitrogens with zero attached hydrogens (tertiary/aromatic N) is 5. The standard InChI is InChI=1S/C15H13Cl3N4.C9H10ClN3.C5H6ClN3.C4H8O/c16-10-5-9(6-11(17)7-10)8-19-4-3-14-20-12-1-2-13(18)21-15(12)22-14;1-2-3-8-11-6-4-5-7(10)12-9(6)13-8;6-4-2-1-3(7)5(8)9-4;1-2-3-4-5/h1-2,5-7,19H,3-4,8H2,(H,20,21,22);4-5H,2-3H2,1H3,(H,11,12,13);1-2H,7H2,(H2,8,9);4H,2-3H2,1H3. The number of aromatic amines is 2. The van der Waals surface area contributed by atoms with Crippen molar-refractivity contribution in [2.75, 3.05) is 18.0 Å².